The summed E-state index contributed by atoms with van der Waals surface area (Å²) in [6.45, 7) is 0. The van der Waals surface area contributed by atoms with E-state index in [2.05, 4.69) is 22.1 Å². The molecule has 0 saturated heterocycles. The summed E-state index contributed by atoms with van der Waals surface area (Å²) in [5.74, 6) is -0.890. The summed E-state index contributed by atoms with van der Waals surface area (Å²) in [7, 11) is 0. The molecule has 0 amide bonds. The van der Waals surface area contributed by atoms with E-state index in [1.165, 1.54) is 18.5 Å². The number of carboxylic acid groups (broad SMARTS) is 1. The molecule has 30 heavy (non-hydrogen) atoms. The van der Waals surface area contributed by atoms with Crippen molar-refractivity contribution < 1.29 is 19.1 Å². The van der Waals surface area contributed by atoms with E-state index < -0.39 is 5.97 Å². The molecule has 4 aromatic rings. The maximum Gasteiger partial charge on any atom is 0.354 e. The van der Waals surface area contributed by atoms with Gasteiger partial charge in [-0.1, -0.05) is 54.6 Å². The van der Waals surface area contributed by atoms with E-state index >= 15 is 0 Å². The lowest BCUT2D eigenvalue weighted by molar-refractivity contribution is 0.0690. The van der Waals surface area contributed by atoms with Crippen molar-refractivity contribution >= 4 is 11.8 Å². The number of oxazole rings is 1. The van der Waals surface area contributed by atoms with Gasteiger partial charge in [0, 0.05) is 18.2 Å². The van der Waals surface area contributed by atoms with Crippen molar-refractivity contribution in [2.75, 3.05) is 0 Å². The molecular formula is C24H18N2O4. The second kappa shape index (κ2) is 8.53. The molecule has 0 bridgehead atoms. The van der Waals surface area contributed by atoms with Gasteiger partial charge in [0.15, 0.2) is 5.76 Å². The number of aromatic nitrogens is 2. The number of carboxylic acids is 1. The van der Waals surface area contributed by atoms with E-state index in [4.69, 9.17) is 9.52 Å². The Bertz CT molecular complexity index is 1160. The molecule has 0 spiro atoms. The maximum absolute atomic E-state index is 12.4. The predicted octanol–water partition coefficient (Wildman–Crippen LogP) is 4.92. The zero-order valence-corrected chi connectivity index (χ0v) is 16.0. The Morgan fingerprint density at radius 2 is 1.50 bits per heavy atom. The normalized spacial score (nSPS) is 10.7. The third-order valence-corrected chi connectivity index (χ3v) is 4.71. The number of carbonyl (C=O) groups excluding carboxylic acids is 1. The Morgan fingerprint density at radius 3 is 2.17 bits per heavy atom. The molecule has 6 heteroatoms. The fraction of sp³-hybridized carbons (Fsp3) is 0.0833. The van der Waals surface area contributed by atoms with Crippen LogP contribution < -0.4 is 0 Å². The molecule has 148 valence electrons. The zero-order chi connectivity index (χ0) is 20.9. The van der Waals surface area contributed by atoms with Gasteiger partial charge in [0.1, 0.15) is 5.69 Å². The summed E-state index contributed by atoms with van der Waals surface area (Å²) in [6.07, 6.45) is 3.69. The van der Waals surface area contributed by atoms with Crippen LogP contribution >= 0.6 is 0 Å². The second-order valence-electron chi connectivity index (χ2n) is 6.75. The number of hydrogen-bond donors (Lipinski definition) is 1. The van der Waals surface area contributed by atoms with Crippen LogP contribution in [0.4, 0.5) is 0 Å². The average Bonchev–Trinajstić information content (AvgIpc) is 3.29. The number of hydrogen-bond acceptors (Lipinski definition) is 5. The molecule has 2 aromatic heterocycles. The average molecular weight is 398 g/mol. The lowest BCUT2D eigenvalue weighted by atomic mass is 10.0. The first-order valence-corrected chi connectivity index (χ1v) is 9.43. The molecule has 2 heterocycles. The minimum absolute atomic E-state index is 0.0354. The summed E-state index contributed by atoms with van der Waals surface area (Å²) in [5, 5.41) is 8.91. The number of ketones is 1. The quantitative estimate of drug-likeness (QED) is 0.444. The topological polar surface area (TPSA) is 93.3 Å². The lowest BCUT2D eigenvalue weighted by Crippen LogP contribution is -2.01. The van der Waals surface area contributed by atoms with Gasteiger partial charge >= 0.3 is 5.97 Å². The predicted molar refractivity (Wildman–Crippen MR) is 111 cm³/mol. The minimum Gasteiger partial charge on any atom is -0.477 e. The number of benzene rings is 2. The van der Waals surface area contributed by atoms with Crippen molar-refractivity contribution in [3.05, 3.63) is 96.3 Å². The molecule has 6 nitrogen and oxygen atoms in total. The van der Waals surface area contributed by atoms with Crippen LogP contribution in [0.5, 0.6) is 0 Å². The van der Waals surface area contributed by atoms with E-state index in [0.29, 0.717) is 17.7 Å². The van der Waals surface area contributed by atoms with Crippen LogP contribution in [0.3, 0.4) is 0 Å². The Hall–Kier alpha value is -4.06. The Morgan fingerprint density at radius 1 is 0.800 bits per heavy atom. The SMILES string of the molecule is O=C(O)c1ccc(-c2cnc(C(=O)CCc3ccc(-c4ccccc4)cc3)o2)cn1. The number of aromatic carboxylic acids is 1. The third-order valence-electron chi connectivity index (χ3n) is 4.71. The number of carbonyl (C=O) groups is 2. The van der Waals surface area contributed by atoms with Crippen molar-refractivity contribution in [1.29, 1.82) is 0 Å². The van der Waals surface area contributed by atoms with Gasteiger partial charge in [0.25, 0.3) is 5.89 Å². The standard InChI is InChI=1S/C24H18N2O4/c27-21(13-8-16-6-9-18(10-7-16)17-4-2-1-3-5-17)23-26-15-22(30-23)19-11-12-20(24(28)29)25-14-19/h1-7,9-12,14-15H,8,13H2,(H,28,29). The van der Waals surface area contributed by atoms with Crippen LogP contribution in [0.25, 0.3) is 22.5 Å². The molecule has 0 radical (unpaired) electrons. The van der Waals surface area contributed by atoms with Crippen molar-refractivity contribution in [2.45, 2.75) is 12.8 Å². The van der Waals surface area contributed by atoms with E-state index in [9.17, 15) is 9.59 Å². The Kier molecular flexibility index (Phi) is 5.48. The van der Waals surface area contributed by atoms with Crippen LogP contribution in [0, 0.1) is 0 Å². The lowest BCUT2D eigenvalue weighted by Gasteiger charge is -2.04. The van der Waals surface area contributed by atoms with Gasteiger partial charge in [0.2, 0.25) is 5.78 Å². The maximum atomic E-state index is 12.4. The summed E-state index contributed by atoms with van der Waals surface area (Å²) in [4.78, 5) is 31.2. The van der Waals surface area contributed by atoms with Crippen molar-refractivity contribution in [2.24, 2.45) is 0 Å². The highest BCUT2D eigenvalue weighted by Crippen LogP contribution is 2.22. The fourth-order valence-corrected chi connectivity index (χ4v) is 3.06. The summed E-state index contributed by atoms with van der Waals surface area (Å²) in [5.41, 5.74) is 3.84. The van der Waals surface area contributed by atoms with Crippen molar-refractivity contribution in [3.63, 3.8) is 0 Å². The largest absolute Gasteiger partial charge is 0.477 e. The van der Waals surface area contributed by atoms with Crippen LogP contribution in [0.15, 0.2) is 83.5 Å². The number of rotatable bonds is 7. The number of nitrogens with zero attached hydrogens (tertiary/aromatic N) is 2. The Labute approximate surface area is 172 Å². The highest BCUT2D eigenvalue weighted by Gasteiger charge is 2.15. The van der Waals surface area contributed by atoms with Crippen molar-refractivity contribution in [1.82, 2.24) is 9.97 Å². The number of pyridine rings is 1. The highest BCUT2D eigenvalue weighted by molar-refractivity contribution is 5.92. The number of Topliss-reactive ketones (excluding diaryl/α,β-unsaturated/α-hetero) is 1. The van der Waals surface area contributed by atoms with Gasteiger partial charge in [-0.25, -0.2) is 14.8 Å². The monoisotopic (exact) mass is 398 g/mol. The van der Waals surface area contributed by atoms with E-state index in [-0.39, 0.29) is 23.8 Å². The van der Waals surface area contributed by atoms with Crippen molar-refractivity contribution in [3.8, 4) is 22.5 Å². The molecule has 0 aliphatic rings. The zero-order valence-electron chi connectivity index (χ0n) is 16.0. The fourth-order valence-electron chi connectivity index (χ4n) is 3.06. The molecule has 0 saturated carbocycles. The molecule has 0 fully saturated rings. The molecule has 0 unspecified atom stereocenters. The summed E-state index contributed by atoms with van der Waals surface area (Å²) >= 11 is 0. The molecule has 0 atom stereocenters. The molecule has 1 N–H and O–H groups in total. The third kappa shape index (κ3) is 4.33. The van der Waals surface area contributed by atoms with Crippen LogP contribution in [-0.2, 0) is 6.42 Å². The summed E-state index contributed by atoms with van der Waals surface area (Å²) in [6, 6.07) is 21.2. The first-order chi connectivity index (χ1) is 14.6. The van der Waals surface area contributed by atoms with Gasteiger partial charge in [-0.05, 0) is 35.2 Å². The molecule has 4 rings (SSSR count). The summed E-state index contributed by atoms with van der Waals surface area (Å²) < 4.78 is 5.55. The van der Waals surface area contributed by atoms with E-state index in [0.717, 1.165) is 16.7 Å². The smallest absolute Gasteiger partial charge is 0.354 e. The second-order valence-corrected chi connectivity index (χ2v) is 6.75. The first kappa shape index (κ1) is 19.3. The molecule has 2 aromatic carbocycles. The van der Waals surface area contributed by atoms with E-state index in [1.54, 1.807) is 6.07 Å². The van der Waals surface area contributed by atoms with Gasteiger partial charge in [0.05, 0.1) is 6.20 Å². The number of aryl methyl sites for hydroxylation is 1. The van der Waals surface area contributed by atoms with Gasteiger partial charge in [-0.15, -0.1) is 0 Å². The van der Waals surface area contributed by atoms with Gasteiger partial charge in [-0.3, -0.25) is 4.79 Å². The van der Waals surface area contributed by atoms with Crippen LogP contribution in [0.2, 0.25) is 0 Å². The molecule has 0 aliphatic heterocycles. The first-order valence-electron chi connectivity index (χ1n) is 9.43. The van der Waals surface area contributed by atoms with Crippen LogP contribution in [0.1, 0.15) is 33.2 Å². The van der Waals surface area contributed by atoms with Gasteiger partial charge in [-0.2, -0.15) is 0 Å². The molecular weight excluding hydrogens is 380 g/mol. The van der Waals surface area contributed by atoms with Crippen LogP contribution in [-0.4, -0.2) is 26.8 Å². The van der Waals surface area contributed by atoms with E-state index in [1.807, 2.05) is 42.5 Å². The minimum atomic E-state index is -1.10. The highest BCUT2D eigenvalue weighted by atomic mass is 16.4. The van der Waals surface area contributed by atoms with Gasteiger partial charge < -0.3 is 9.52 Å². The Balaban J connectivity index is 1.38. The molecule has 0 aliphatic carbocycles.